The molecule has 3 saturated carbocycles. The smallest absolute Gasteiger partial charge is 0.251 e. The lowest BCUT2D eigenvalue weighted by Crippen LogP contribution is -2.58. The van der Waals surface area contributed by atoms with E-state index in [4.69, 9.17) is 4.74 Å². The van der Waals surface area contributed by atoms with Gasteiger partial charge in [0.15, 0.2) is 0 Å². The molecule has 3 aliphatic carbocycles. The van der Waals surface area contributed by atoms with E-state index in [2.05, 4.69) is 24.5 Å². The Bertz CT molecular complexity index is 881. The molecule has 0 saturated heterocycles. The maximum atomic E-state index is 13.1. The standard InChI is InChI=1S/C29H44N2O4/c1-18(27(33)30-21-8-6-5-7-9-21)23-14-16-29(3)17-15-24(19(2)25(29)26(23)32)31-28(34)20-10-12-22(35-4)13-11-20/h10-13,18-19,21,23-26,32H,5-9,14-17H2,1-4H3,(H,30,33)(H,31,34)/t18-,19+,23?,24-,25+,26-,29-/m0/s1. The van der Waals surface area contributed by atoms with E-state index in [9.17, 15) is 14.7 Å². The highest BCUT2D eigenvalue weighted by atomic mass is 16.5. The largest absolute Gasteiger partial charge is 0.497 e. The summed E-state index contributed by atoms with van der Waals surface area (Å²) in [6.07, 6.45) is 9.01. The highest BCUT2D eigenvalue weighted by Gasteiger charge is 2.54. The lowest BCUT2D eigenvalue weighted by Gasteiger charge is -2.56. The number of aliphatic hydroxyl groups is 1. The molecule has 0 aromatic heterocycles. The summed E-state index contributed by atoms with van der Waals surface area (Å²) >= 11 is 0. The van der Waals surface area contributed by atoms with Gasteiger partial charge in [-0.1, -0.05) is 40.0 Å². The quantitative estimate of drug-likeness (QED) is 0.546. The van der Waals surface area contributed by atoms with E-state index in [1.807, 2.05) is 6.92 Å². The van der Waals surface area contributed by atoms with Gasteiger partial charge in [-0.25, -0.2) is 0 Å². The number of benzene rings is 1. The number of hydrogen-bond acceptors (Lipinski definition) is 4. The van der Waals surface area contributed by atoms with Gasteiger partial charge in [0, 0.05) is 23.6 Å². The zero-order valence-electron chi connectivity index (χ0n) is 21.9. The van der Waals surface area contributed by atoms with Crippen LogP contribution in [0.1, 0.15) is 88.9 Å². The summed E-state index contributed by atoms with van der Waals surface area (Å²) in [5.74, 6) is 0.658. The van der Waals surface area contributed by atoms with Crippen molar-refractivity contribution < 1.29 is 19.4 Å². The Morgan fingerprint density at radius 2 is 1.69 bits per heavy atom. The number of nitrogens with one attached hydrogen (secondary N) is 2. The van der Waals surface area contributed by atoms with E-state index >= 15 is 0 Å². The number of ether oxygens (including phenoxy) is 1. The minimum absolute atomic E-state index is 0.00227. The molecule has 194 valence electrons. The van der Waals surface area contributed by atoms with Gasteiger partial charge >= 0.3 is 0 Å². The number of hydrogen-bond donors (Lipinski definition) is 3. The van der Waals surface area contributed by atoms with Crippen LogP contribution in [0, 0.1) is 29.1 Å². The van der Waals surface area contributed by atoms with E-state index in [1.54, 1.807) is 31.4 Å². The van der Waals surface area contributed by atoms with Gasteiger partial charge in [-0.15, -0.1) is 0 Å². The molecule has 1 unspecified atom stereocenters. The van der Waals surface area contributed by atoms with Crippen molar-refractivity contribution in [3.8, 4) is 5.75 Å². The Morgan fingerprint density at radius 1 is 1.03 bits per heavy atom. The van der Waals surface area contributed by atoms with Crippen LogP contribution in [0.15, 0.2) is 24.3 Å². The number of methoxy groups -OCH3 is 1. The molecule has 0 spiro atoms. The van der Waals surface area contributed by atoms with Crippen molar-refractivity contribution in [3.63, 3.8) is 0 Å². The first-order valence-corrected chi connectivity index (χ1v) is 13.7. The highest BCUT2D eigenvalue weighted by Crippen LogP contribution is 2.55. The van der Waals surface area contributed by atoms with Gasteiger partial charge in [-0.3, -0.25) is 9.59 Å². The molecular formula is C29H44N2O4. The van der Waals surface area contributed by atoms with Crippen LogP contribution in [0.2, 0.25) is 0 Å². The Morgan fingerprint density at radius 3 is 2.34 bits per heavy atom. The summed E-state index contributed by atoms with van der Waals surface area (Å²) in [6.45, 7) is 6.45. The monoisotopic (exact) mass is 484 g/mol. The third-order valence-corrected chi connectivity index (χ3v) is 9.56. The maximum Gasteiger partial charge on any atom is 0.251 e. The topological polar surface area (TPSA) is 87.7 Å². The highest BCUT2D eigenvalue weighted by molar-refractivity contribution is 5.94. The fourth-order valence-corrected chi connectivity index (χ4v) is 7.27. The molecule has 0 aliphatic heterocycles. The van der Waals surface area contributed by atoms with Crippen LogP contribution >= 0.6 is 0 Å². The summed E-state index contributed by atoms with van der Waals surface area (Å²) in [4.78, 5) is 26.1. The summed E-state index contributed by atoms with van der Waals surface area (Å²) < 4.78 is 5.20. The molecule has 6 heteroatoms. The summed E-state index contributed by atoms with van der Waals surface area (Å²) in [5.41, 5.74) is 0.650. The average Bonchev–Trinajstić information content (AvgIpc) is 2.86. The van der Waals surface area contributed by atoms with Crippen LogP contribution in [0.4, 0.5) is 0 Å². The third kappa shape index (κ3) is 5.52. The first-order chi connectivity index (χ1) is 16.7. The number of aliphatic hydroxyl groups excluding tert-OH is 1. The molecule has 4 rings (SSSR count). The van der Waals surface area contributed by atoms with Crippen molar-refractivity contribution in [1.29, 1.82) is 0 Å². The van der Waals surface area contributed by atoms with E-state index in [0.29, 0.717) is 5.56 Å². The molecule has 6 nitrogen and oxygen atoms in total. The first kappa shape index (κ1) is 26.0. The van der Waals surface area contributed by atoms with Gasteiger partial charge in [0.2, 0.25) is 5.91 Å². The lowest BCUT2D eigenvalue weighted by atomic mass is 9.51. The Hall–Kier alpha value is -2.08. The molecule has 0 bridgehead atoms. The van der Waals surface area contributed by atoms with Crippen LogP contribution < -0.4 is 15.4 Å². The second-order valence-corrected chi connectivity index (χ2v) is 11.7. The van der Waals surface area contributed by atoms with Gasteiger partial charge in [-0.05, 0) is 86.0 Å². The van der Waals surface area contributed by atoms with Crippen molar-refractivity contribution in [1.82, 2.24) is 10.6 Å². The van der Waals surface area contributed by atoms with Crippen LogP contribution in [-0.4, -0.2) is 42.2 Å². The molecule has 3 fully saturated rings. The summed E-state index contributed by atoms with van der Waals surface area (Å²) in [6, 6.07) is 7.45. The Kier molecular flexibility index (Phi) is 8.09. The molecule has 0 radical (unpaired) electrons. The van der Waals surface area contributed by atoms with Crippen LogP contribution in [0.3, 0.4) is 0 Å². The second-order valence-electron chi connectivity index (χ2n) is 11.7. The number of fused-ring (bicyclic) bond motifs is 1. The van der Waals surface area contributed by atoms with Crippen molar-refractivity contribution in [2.24, 2.45) is 29.1 Å². The fraction of sp³-hybridized carbons (Fsp3) is 0.724. The molecule has 3 aliphatic rings. The van der Waals surface area contributed by atoms with Gasteiger partial charge in [0.1, 0.15) is 5.75 Å². The third-order valence-electron chi connectivity index (χ3n) is 9.56. The minimum atomic E-state index is -0.545. The molecule has 2 amide bonds. The molecule has 1 aromatic rings. The number of amides is 2. The zero-order chi connectivity index (χ0) is 25.2. The van der Waals surface area contributed by atoms with Gasteiger partial charge in [0.25, 0.3) is 5.91 Å². The molecule has 35 heavy (non-hydrogen) atoms. The molecule has 1 aromatic carbocycles. The van der Waals surface area contributed by atoms with E-state index < -0.39 is 6.10 Å². The van der Waals surface area contributed by atoms with Gasteiger partial charge in [0.05, 0.1) is 13.2 Å². The normalized spacial score (nSPS) is 34.4. The predicted octanol–water partition coefficient (Wildman–Crippen LogP) is 4.70. The predicted molar refractivity (Wildman–Crippen MR) is 137 cm³/mol. The zero-order valence-corrected chi connectivity index (χ0v) is 21.9. The van der Waals surface area contributed by atoms with Crippen LogP contribution in [0.5, 0.6) is 5.75 Å². The number of carbonyl (C=O) groups is 2. The molecular weight excluding hydrogens is 440 g/mol. The number of carbonyl (C=O) groups excluding carboxylic acids is 2. The Balaban J connectivity index is 1.42. The SMILES string of the molecule is COc1ccc(C(=O)N[C@H]2CC[C@]3(C)CCC([C@H](C)C(=O)NC4CCCCC4)[C@H](O)[C@H]3[C@@H]2C)cc1. The Labute approximate surface area is 210 Å². The lowest BCUT2D eigenvalue weighted by molar-refractivity contribution is -0.142. The van der Waals surface area contributed by atoms with Gasteiger partial charge in [-0.2, -0.15) is 0 Å². The molecule has 0 heterocycles. The van der Waals surface area contributed by atoms with E-state index in [-0.39, 0.29) is 53.0 Å². The first-order valence-electron chi connectivity index (χ1n) is 13.7. The summed E-state index contributed by atoms with van der Waals surface area (Å²) in [5, 5.41) is 18.2. The van der Waals surface area contributed by atoms with Crippen molar-refractivity contribution in [3.05, 3.63) is 29.8 Å². The summed E-state index contributed by atoms with van der Waals surface area (Å²) in [7, 11) is 1.61. The van der Waals surface area contributed by atoms with Crippen LogP contribution in [-0.2, 0) is 4.79 Å². The van der Waals surface area contributed by atoms with Gasteiger partial charge < -0.3 is 20.5 Å². The van der Waals surface area contributed by atoms with Crippen molar-refractivity contribution in [2.75, 3.05) is 7.11 Å². The minimum Gasteiger partial charge on any atom is -0.497 e. The van der Waals surface area contributed by atoms with E-state index in [1.165, 1.54) is 19.3 Å². The second kappa shape index (κ2) is 10.9. The fourth-order valence-electron chi connectivity index (χ4n) is 7.27. The molecule has 7 atom stereocenters. The van der Waals surface area contributed by atoms with Crippen LogP contribution in [0.25, 0.3) is 0 Å². The average molecular weight is 485 g/mol. The van der Waals surface area contributed by atoms with Crippen molar-refractivity contribution in [2.45, 2.75) is 96.7 Å². The van der Waals surface area contributed by atoms with Crippen molar-refractivity contribution >= 4 is 11.8 Å². The molecule has 3 N–H and O–H groups in total. The number of rotatable bonds is 6. The maximum absolute atomic E-state index is 13.1. The van der Waals surface area contributed by atoms with E-state index in [0.717, 1.165) is 44.3 Å².